The van der Waals surface area contributed by atoms with Gasteiger partial charge in [0, 0.05) is 17.1 Å². The Labute approximate surface area is 393 Å². The van der Waals surface area contributed by atoms with Gasteiger partial charge in [-0.1, -0.05) is 206 Å². The molecular weight excluding hydrogens is 844 g/mol. The molecule has 0 saturated carbocycles. The number of rotatable bonds is 9. The highest BCUT2D eigenvalue weighted by molar-refractivity contribution is 5.93. The standard InChI is InChI=1S/C63H42F3NO/c64-63(65,66)68-52-37-31-44(32-38-52)43-29-33-49(34-30-43)67(50-36-40-59-56(41-50)54-26-14-16-28-58(54)61(59,45-17-5-1-6-18-45)46-19-7-2-8-20-46)51-35-39-55-53-25-13-15-27-57(53)62(60(55)42-51,47-21-9-3-10-22-47)48-23-11-4-12-24-48/h1-42H. The zero-order valence-corrected chi connectivity index (χ0v) is 36.7. The van der Waals surface area contributed by atoms with Gasteiger partial charge in [-0.2, -0.15) is 0 Å². The third-order valence-electron chi connectivity index (χ3n) is 13.9. The Kier molecular flexibility index (Phi) is 9.77. The Morgan fingerprint density at radius 3 is 1.18 bits per heavy atom. The Bertz CT molecular complexity index is 3360. The van der Waals surface area contributed by atoms with Crippen molar-refractivity contribution in [1.29, 1.82) is 0 Å². The summed E-state index contributed by atoms with van der Waals surface area (Å²) in [5.74, 6) is -0.258. The maximum atomic E-state index is 13.0. The molecule has 0 N–H and O–H groups in total. The molecule has 0 heterocycles. The van der Waals surface area contributed by atoms with Crippen LogP contribution in [0.2, 0.25) is 0 Å². The van der Waals surface area contributed by atoms with Gasteiger partial charge in [-0.25, -0.2) is 0 Å². The van der Waals surface area contributed by atoms with Crippen molar-refractivity contribution in [1.82, 2.24) is 0 Å². The van der Waals surface area contributed by atoms with Gasteiger partial charge in [0.1, 0.15) is 5.75 Å². The molecule has 0 radical (unpaired) electrons. The second-order valence-corrected chi connectivity index (χ2v) is 17.5. The molecule has 0 aliphatic heterocycles. The van der Waals surface area contributed by atoms with Crippen LogP contribution in [-0.2, 0) is 10.8 Å². The average Bonchev–Trinajstić information content (AvgIpc) is 3.85. The molecule has 2 aliphatic rings. The van der Waals surface area contributed by atoms with Crippen LogP contribution in [0.15, 0.2) is 255 Å². The van der Waals surface area contributed by atoms with Crippen molar-refractivity contribution in [3.05, 3.63) is 299 Å². The molecule has 0 aromatic heterocycles. The number of halogens is 3. The first kappa shape index (κ1) is 41.1. The molecule has 0 atom stereocenters. The molecule has 10 aromatic carbocycles. The number of benzene rings is 10. The number of anilines is 3. The maximum Gasteiger partial charge on any atom is 0.573 e. The molecular formula is C63H42F3NO. The lowest BCUT2D eigenvalue weighted by Crippen LogP contribution is -2.28. The van der Waals surface area contributed by atoms with Crippen molar-refractivity contribution < 1.29 is 17.9 Å². The molecule has 2 aliphatic carbocycles. The van der Waals surface area contributed by atoms with Gasteiger partial charge in [-0.15, -0.1) is 13.2 Å². The topological polar surface area (TPSA) is 12.5 Å². The third-order valence-corrected chi connectivity index (χ3v) is 13.9. The average molecular weight is 886 g/mol. The lowest BCUT2D eigenvalue weighted by molar-refractivity contribution is -0.274. The van der Waals surface area contributed by atoms with Crippen molar-refractivity contribution in [3.8, 4) is 39.1 Å². The lowest BCUT2D eigenvalue weighted by Gasteiger charge is -2.35. The van der Waals surface area contributed by atoms with Gasteiger partial charge in [0.05, 0.1) is 10.8 Å². The van der Waals surface area contributed by atoms with E-state index in [4.69, 9.17) is 0 Å². The van der Waals surface area contributed by atoms with E-state index in [1.165, 1.54) is 73.3 Å². The molecule has 5 heteroatoms. The van der Waals surface area contributed by atoms with E-state index in [2.05, 4.69) is 228 Å². The molecule has 0 amide bonds. The van der Waals surface area contributed by atoms with Gasteiger partial charge in [0.2, 0.25) is 0 Å². The monoisotopic (exact) mass is 885 g/mol. The van der Waals surface area contributed by atoms with Crippen molar-refractivity contribution in [2.75, 3.05) is 4.90 Å². The SMILES string of the molecule is FC(F)(F)Oc1ccc(-c2ccc(N(c3ccc4c(c3)-c3ccccc3C4(c3ccccc3)c3ccccc3)c3ccc4c(c3)C(c3ccccc3)(c3ccccc3)c3ccccc3-4)cc2)cc1. The van der Waals surface area contributed by atoms with E-state index in [0.29, 0.717) is 0 Å². The summed E-state index contributed by atoms with van der Waals surface area (Å²) in [6, 6.07) is 88.9. The Balaban J connectivity index is 1.08. The van der Waals surface area contributed by atoms with Gasteiger partial charge < -0.3 is 9.64 Å². The molecule has 0 unspecified atom stereocenters. The molecule has 0 fully saturated rings. The van der Waals surface area contributed by atoms with Gasteiger partial charge in [-0.3, -0.25) is 0 Å². The van der Waals surface area contributed by atoms with Crippen molar-refractivity contribution in [3.63, 3.8) is 0 Å². The van der Waals surface area contributed by atoms with E-state index in [-0.39, 0.29) is 5.75 Å². The molecule has 12 rings (SSSR count). The van der Waals surface area contributed by atoms with Crippen LogP contribution in [-0.4, -0.2) is 6.36 Å². The van der Waals surface area contributed by atoms with Crippen LogP contribution in [0.1, 0.15) is 44.5 Å². The highest BCUT2D eigenvalue weighted by Gasteiger charge is 2.48. The summed E-state index contributed by atoms with van der Waals surface area (Å²) >= 11 is 0. The molecule has 68 heavy (non-hydrogen) atoms. The first-order valence-corrected chi connectivity index (χ1v) is 22.8. The predicted molar refractivity (Wildman–Crippen MR) is 268 cm³/mol. The van der Waals surface area contributed by atoms with E-state index in [9.17, 15) is 13.2 Å². The van der Waals surface area contributed by atoms with Gasteiger partial charge in [0.15, 0.2) is 0 Å². The van der Waals surface area contributed by atoms with Crippen molar-refractivity contribution in [2.45, 2.75) is 17.2 Å². The summed E-state index contributed by atoms with van der Waals surface area (Å²) < 4.78 is 43.3. The summed E-state index contributed by atoms with van der Waals surface area (Å²) in [5, 5.41) is 0. The number of alkyl halides is 3. The summed E-state index contributed by atoms with van der Waals surface area (Å²) in [4.78, 5) is 2.34. The smallest absolute Gasteiger partial charge is 0.406 e. The van der Waals surface area contributed by atoms with Crippen LogP contribution in [0.5, 0.6) is 5.75 Å². The highest BCUT2D eigenvalue weighted by atomic mass is 19.4. The minimum atomic E-state index is -4.76. The minimum absolute atomic E-state index is 0.258. The zero-order valence-electron chi connectivity index (χ0n) is 36.7. The van der Waals surface area contributed by atoms with Crippen LogP contribution in [0.4, 0.5) is 30.2 Å². The van der Waals surface area contributed by atoms with Crippen LogP contribution < -0.4 is 9.64 Å². The molecule has 10 aromatic rings. The fourth-order valence-corrected chi connectivity index (χ4v) is 11.2. The fourth-order valence-electron chi connectivity index (χ4n) is 11.2. The Morgan fingerprint density at radius 2 is 0.676 bits per heavy atom. The van der Waals surface area contributed by atoms with Crippen LogP contribution in [0.3, 0.4) is 0 Å². The molecule has 2 nitrogen and oxygen atoms in total. The summed E-state index contributed by atoms with van der Waals surface area (Å²) in [6.45, 7) is 0. The maximum absolute atomic E-state index is 13.0. The number of hydrogen-bond donors (Lipinski definition) is 0. The van der Waals surface area contributed by atoms with E-state index in [1.807, 2.05) is 12.1 Å². The van der Waals surface area contributed by atoms with Crippen molar-refractivity contribution in [2.24, 2.45) is 0 Å². The largest absolute Gasteiger partial charge is 0.573 e. The third kappa shape index (κ3) is 6.49. The number of nitrogens with zero attached hydrogens (tertiary/aromatic N) is 1. The molecule has 0 bridgehead atoms. The van der Waals surface area contributed by atoms with E-state index >= 15 is 0 Å². The van der Waals surface area contributed by atoms with E-state index < -0.39 is 17.2 Å². The zero-order chi connectivity index (χ0) is 45.9. The van der Waals surface area contributed by atoms with Gasteiger partial charge in [-0.05, 0) is 126 Å². The highest BCUT2D eigenvalue weighted by Crippen LogP contribution is 2.59. The molecule has 0 saturated heterocycles. The second-order valence-electron chi connectivity index (χ2n) is 17.5. The van der Waals surface area contributed by atoms with E-state index in [0.717, 1.165) is 33.8 Å². The molecule has 326 valence electrons. The number of ether oxygens (including phenoxy) is 1. The number of hydrogen-bond acceptors (Lipinski definition) is 2. The van der Waals surface area contributed by atoms with Crippen LogP contribution >= 0.6 is 0 Å². The first-order valence-electron chi connectivity index (χ1n) is 22.8. The Morgan fingerprint density at radius 1 is 0.309 bits per heavy atom. The minimum Gasteiger partial charge on any atom is -0.406 e. The van der Waals surface area contributed by atoms with Gasteiger partial charge >= 0.3 is 6.36 Å². The van der Waals surface area contributed by atoms with Crippen LogP contribution in [0.25, 0.3) is 33.4 Å². The fraction of sp³-hybridized carbons (Fsp3) is 0.0476. The van der Waals surface area contributed by atoms with E-state index in [1.54, 1.807) is 12.1 Å². The lowest BCUT2D eigenvalue weighted by atomic mass is 9.67. The predicted octanol–water partition coefficient (Wildman–Crippen LogP) is 16.4. The summed E-state index contributed by atoms with van der Waals surface area (Å²) in [5.41, 5.74) is 17.7. The quantitative estimate of drug-likeness (QED) is 0.143. The summed E-state index contributed by atoms with van der Waals surface area (Å²) in [7, 11) is 0. The summed E-state index contributed by atoms with van der Waals surface area (Å²) in [6.07, 6.45) is -4.76. The number of fused-ring (bicyclic) bond motifs is 6. The molecule has 0 spiro atoms. The van der Waals surface area contributed by atoms with Crippen molar-refractivity contribution >= 4 is 17.1 Å². The van der Waals surface area contributed by atoms with Crippen LogP contribution in [0, 0.1) is 0 Å². The second kappa shape index (κ2) is 16.2. The Hall–Kier alpha value is -8.41. The van der Waals surface area contributed by atoms with Gasteiger partial charge in [0.25, 0.3) is 0 Å². The normalized spacial score (nSPS) is 13.8. The first-order chi connectivity index (χ1) is 33.3.